The molecule has 4 nitrogen and oxygen atoms in total. The van der Waals surface area contributed by atoms with Gasteiger partial charge in [0.1, 0.15) is 12.0 Å². The third-order valence-electron chi connectivity index (χ3n) is 5.20. The Morgan fingerprint density at radius 1 is 1.29 bits per heavy atom. The van der Waals surface area contributed by atoms with Crippen LogP contribution in [0.5, 0.6) is 0 Å². The van der Waals surface area contributed by atoms with Gasteiger partial charge in [0.25, 0.3) is 0 Å². The minimum atomic E-state index is -0.559. The number of aliphatic hydroxyl groups is 1. The summed E-state index contributed by atoms with van der Waals surface area (Å²) >= 11 is 0. The minimum absolute atomic E-state index is 0.0245. The Morgan fingerprint density at radius 3 is 2.48 bits per heavy atom. The molecule has 0 spiro atoms. The molecule has 0 aliphatic carbocycles. The number of piperidine rings is 1. The van der Waals surface area contributed by atoms with Crippen LogP contribution in [0, 0.1) is 0 Å². The molecule has 5 atom stereocenters. The molecule has 2 N–H and O–H groups in total. The zero-order valence-corrected chi connectivity index (χ0v) is 12.5. The van der Waals surface area contributed by atoms with Crippen LogP contribution in [0.2, 0.25) is 0 Å². The van der Waals surface area contributed by atoms with Crippen molar-refractivity contribution in [2.75, 3.05) is 13.7 Å². The van der Waals surface area contributed by atoms with Crippen molar-refractivity contribution >= 4 is 5.97 Å². The van der Waals surface area contributed by atoms with Gasteiger partial charge in [-0.25, -0.2) is 0 Å². The standard InChI is InChI=1S/C17H23NO3/c1-18-13-7-8-14(18)10-15(9-13)21-17(20)16(11-19)12-5-3-2-4-6-12/h2-6,13-16,19H,7-11H2,1H3/p+1/t13-,14?,15?,16?/m0/s1. The molecule has 1 aromatic carbocycles. The topological polar surface area (TPSA) is 51.0 Å². The molecule has 4 heteroatoms. The third kappa shape index (κ3) is 2.97. The maximum atomic E-state index is 12.4. The summed E-state index contributed by atoms with van der Waals surface area (Å²) in [6.07, 6.45) is 4.43. The van der Waals surface area contributed by atoms with Gasteiger partial charge in [-0.15, -0.1) is 0 Å². The molecule has 2 fully saturated rings. The molecule has 2 bridgehead atoms. The van der Waals surface area contributed by atoms with Gasteiger partial charge < -0.3 is 14.7 Å². The average molecular weight is 290 g/mol. The number of hydrogen-bond acceptors (Lipinski definition) is 3. The zero-order valence-electron chi connectivity index (χ0n) is 12.5. The Kier molecular flexibility index (Phi) is 4.27. The SMILES string of the molecule is C[NH+]1C2CC[C@H]1CC(OC(=O)C(CO)c1ccccc1)C2. The van der Waals surface area contributed by atoms with Crippen molar-refractivity contribution in [1.29, 1.82) is 0 Å². The molecule has 2 aliphatic rings. The van der Waals surface area contributed by atoms with Crippen LogP contribution in [0.25, 0.3) is 0 Å². The fourth-order valence-corrected chi connectivity index (χ4v) is 3.87. The van der Waals surface area contributed by atoms with Crippen molar-refractivity contribution in [2.45, 2.75) is 49.8 Å². The van der Waals surface area contributed by atoms with Crippen molar-refractivity contribution in [3.8, 4) is 0 Å². The van der Waals surface area contributed by atoms with E-state index in [1.165, 1.54) is 12.8 Å². The Morgan fingerprint density at radius 2 is 1.90 bits per heavy atom. The highest BCUT2D eigenvalue weighted by molar-refractivity contribution is 5.78. The van der Waals surface area contributed by atoms with E-state index in [4.69, 9.17) is 4.74 Å². The third-order valence-corrected chi connectivity index (χ3v) is 5.20. The van der Waals surface area contributed by atoms with Gasteiger partial charge in [-0.05, 0) is 5.56 Å². The van der Waals surface area contributed by atoms with Crippen molar-refractivity contribution in [3.05, 3.63) is 35.9 Å². The van der Waals surface area contributed by atoms with Gasteiger partial charge in [0.05, 0.1) is 25.7 Å². The van der Waals surface area contributed by atoms with Crippen LogP contribution >= 0.6 is 0 Å². The van der Waals surface area contributed by atoms with Crippen LogP contribution in [-0.2, 0) is 9.53 Å². The van der Waals surface area contributed by atoms with E-state index >= 15 is 0 Å². The van der Waals surface area contributed by atoms with Crippen LogP contribution in [0.3, 0.4) is 0 Å². The molecule has 1 aromatic rings. The number of ether oxygens (including phenoxy) is 1. The van der Waals surface area contributed by atoms with Gasteiger partial charge >= 0.3 is 5.97 Å². The molecule has 2 heterocycles. The first-order valence-electron chi connectivity index (χ1n) is 7.88. The zero-order chi connectivity index (χ0) is 14.8. The molecule has 2 aliphatic heterocycles. The van der Waals surface area contributed by atoms with E-state index in [1.54, 1.807) is 4.90 Å². The smallest absolute Gasteiger partial charge is 0.316 e. The van der Waals surface area contributed by atoms with Crippen molar-refractivity contribution in [1.82, 2.24) is 0 Å². The summed E-state index contributed by atoms with van der Waals surface area (Å²) in [6, 6.07) is 10.7. The first-order valence-corrected chi connectivity index (χ1v) is 7.88. The van der Waals surface area contributed by atoms with Gasteiger partial charge in [0.15, 0.2) is 0 Å². The Hall–Kier alpha value is -1.39. The molecule has 114 valence electrons. The van der Waals surface area contributed by atoms with Crippen LogP contribution in [0.4, 0.5) is 0 Å². The largest absolute Gasteiger partial charge is 0.461 e. The molecule has 4 unspecified atom stereocenters. The molecule has 21 heavy (non-hydrogen) atoms. The highest BCUT2D eigenvalue weighted by Crippen LogP contribution is 2.26. The van der Waals surface area contributed by atoms with E-state index in [2.05, 4.69) is 7.05 Å². The number of carbonyl (C=O) groups is 1. The molecular formula is C17H24NO3+. The van der Waals surface area contributed by atoms with Gasteiger partial charge in [0, 0.05) is 25.7 Å². The summed E-state index contributed by atoms with van der Waals surface area (Å²) < 4.78 is 5.72. The number of quaternary nitrogens is 1. The van der Waals surface area contributed by atoms with Crippen LogP contribution in [-0.4, -0.2) is 42.9 Å². The predicted molar refractivity (Wildman–Crippen MR) is 79.1 cm³/mol. The van der Waals surface area contributed by atoms with E-state index in [-0.39, 0.29) is 18.7 Å². The van der Waals surface area contributed by atoms with E-state index < -0.39 is 5.92 Å². The summed E-state index contributed by atoms with van der Waals surface area (Å²) in [7, 11) is 2.25. The monoisotopic (exact) mass is 290 g/mol. The lowest BCUT2D eigenvalue weighted by Gasteiger charge is -2.33. The number of nitrogens with one attached hydrogen (secondary N) is 1. The Labute approximate surface area is 125 Å². The minimum Gasteiger partial charge on any atom is -0.461 e. The number of hydrogen-bond donors (Lipinski definition) is 2. The number of rotatable bonds is 4. The van der Waals surface area contributed by atoms with Gasteiger partial charge in [0.2, 0.25) is 0 Å². The maximum absolute atomic E-state index is 12.4. The average Bonchev–Trinajstić information content (AvgIpc) is 2.72. The fraction of sp³-hybridized carbons (Fsp3) is 0.588. The normalized spacial score (nSPS) is 32.7. The molecule has 2 saturated heterocycles. The highest BCUT2D eigenvalue weighted by atomic mass is 16.5. The maximum Gasteiger partial charge on any atom is 0.316 e. The van der Waals surface area contributed by atoms with E-state index in [9.17, 15) is 9.90 Å². The van der Waals surface area contributed by atoms with E-state index in [0.717, 1.165) is 18.4 Å². The molecular weight excluding hydrogens is 266 g/mol. The van der Waals surface area contributed by atoms with Crippen LogP contribution < -0.4 is 4.90 Å². The van der Waals surface area contributed by atoms with E-state index in [1.807, 2.05) is 30.3 Å². The summed E-state index contributed by atoms with van der Waals surface area (Å²) in [5, 5.41) is 9.53. The Balaban J connectivity index is 1.63. The van der Waals surface area contributed by atoms with Crippen LogP contribution in [0.1, 0.15) is 37.2 Å². The number of esters is 1. The van der Waals surface area contributed by atoms with Crippen LogP contribution in [0.15, 0.2) is 30.3 Å². The van der Waals surface area contributed by atoms with E-state index in [0.29, 0.717) is 12.1 Å². The second-order valence-electron chi connectivity index (χ2n) is 6.39. The van der Waals surface area contributed by atoms with Gasteiger partial charge in [-0.3, -0.25) is 4.79 Å². The second-order valence-corrected chi connectivity index (χ2v) is 6.39. The number of benzene rings is 1. The van der Waals surface area contributed by atoms with Crippen molar-refractivity contribution < 1.29 is 19.5 Å². The molecule has 0 radical (unpaired) electrons. The van der Waals surface area contributed by atoms with Crippen molar-refractivity contribution in [3.63, 3.8) is 0 Å². The van der Waals surface area contributed by atoms with Crippen molar-refractivity contribution in [2.24, 2.45) is 0 Å². The lowest BCUT2D eigenvalue weighted by Crippen LogP contribution is -3.15. The highest BCUT2D eigenvalue weighted by Gasteiger charge is 2.44. The summed E-state index contributed by atoms with van der Waals surface area (Å²) in [5.41, 5.74) is 0.825. The first-order chi connectivity index (χ1) is 10.2. The molecule has 3 rings (SSSR count). The van der Waals surface area contributed by atoms with Gasteiger partial charge in [-0.1, -0.05) is 30.3 Å². The Bertz CT molecular complexity index is 476. The van der Waals surface area contributed by atoms with Gasteiger partial charge in [-0.2, -0.15) is 0 Å². The predicted octanol–water partition coefficient (Wildman–Crippen LogP) is 0.514. The lowest BCUT2D eigenvalue weighted by atomic mass is 9.98. The quantitative estimate of drug-likeness (QED) is 0.795. The summed E-state index contributed by atoms with van der Waals surface area (Å²) in [6.45, 7) is -0.201. The number of carbonyl (C=O) groups excluding carboxylic acids is 1. The molecule has 0 saturated carbocycles. The summed E-state index contributed by atoms with van der Waals surface area (Å²) in [5.74, 6) is -0.844. The second kappa shape index (κ2) is 6.16. The molecule has 0 amide bonds. The fourth-order valence-electron chi connectivity index (χ4n) is 3.87. The summed E-state index contributed by atoms with van der Waals surface area (Å²) in [4.78, 5) is 14.0. The lowest BCUT2D eigenvalue weighted by molar-refractivity contribution is -0.923. The number of fused-ring (bicyclic) bond motifs is 2. The number of aliphatic hydroxyl groups excluding tert-OH is 1. The first kappa shape index (κ1) is 14.5. The molecule has 0 aromatic heterocycles.